The molecule has 0 saturated carbocycles. The van der Waals surface area contributed by atoms with Crippen molar-refractivity contribution < 1.29 is 29.1 Å². The number of carbonyl (C=O) groups excluding carboxylic acids is 4. The van der Waals surface area contributed by atoms with E-state index in [-0.39, 0.29) is 18.8 Å². The maximum atomic E-state index is 12.6. The average molecular weight is 413 g/mol. The van der Waals surface area contributed by atoms with E-state index in [4.69, 9.17) is 16.6 Å². The van der Waals surface area contributed by atoms with Gasteiger partial charge in [-0.05, 0) is 32.1 Å². The highest BCUT2D eigenvalue weighted by atomic mass is 16.4. The van der Waals surface area contributed by atoms with Crippen molar-refractivity contribution in [1.29, 1.82) is 0 Å². The third-order valence-corrected chi connectivity index (χ3v) is 4.84. The second-order valence-electron chi connectivity index (χ2n) is 7.60. The van der Waals surface area contributed by atoms with Gasteiger partial charge in [0.1, 0.15) is 18.1 Å². The van der Waals surface area contributed by atoms with E-state index in [1.54, 1.807) is 13.8 Å². The largest absolute Gasteiger partial charge is 0.480 e. The molecule has 0 aromatic rings. The Morgan fingerprint density at radius 2 is 1.76 bits per heavy atom. The second-order valence-corrected chi connectivity index (χ2v) is 7.60. The van der Waals surface area contributed by atoms with Crippen molar-refractivity contribution in [1.82, 2.24) is 15.5 Å². The summed E-state index contributed by atoms with van der Waals surface area (Å²) < 4.78 is 0. The van der Waals surface area contributed by atoms with E-state index in [2.05, 4.69) is 10.6 Å². The molecule has 1 rings (SSSR count). The smallest absolute Gasteiger partial charge is 0.326 e. The molecule has 0 aromatic heterocycles. The minimum atomic E-state index is -1.16. The molecule has 1 aliphatic heterocycles. The number of carboxylic acids is 1. The summed E-state index contributed by atoms with van der Waals surface area (Å²) in [5.41, 5.74) is 10.9. The molecule has 1 heterocycles. The fourth-order valence-electron chi connectivity index (χ4n) is 3.10. The van der Waals surface area contributed by atoms with Crippen molar-refractivity contribution in [3.8, 4) is 0 Å². The molecule has 164 valence electrons. The van der Waals surface area contributed by atoms with Crippen molar-refractivity contribution in [2.75, 3.05) is 6.54 Å². The van der Waals surface area contributed by atoms with Gasteiger partial charge in [-0.1, -0.05) is 13.8 Å². The minimum absolute atomic E-state index is 0.0323. The Morgan fingerprint density at radius 1 is 1.14 bits per heavy atom. The van der Waals surface area contributed by atoms with Crippen LogP contribution in [0.5, 0.6) is 0 Å². The van der Waals surface area contributed by atoms with Crippen LogP contribution in [0.3, 0.4) is 0 Å². The number of nitrogens with one attached hydrogen (secondary N) is 2. The SMILES string of the molecule is CC(NC(=O)C1CCCN1C(=O)C(N)CCC(N)=O)C(=O)NC(C(=O)O)C(C)C. The van der Waals surface area contributed by atoms with Gasteiger partial charge in [0.15, 0.2) is 0 Å². The zero-order valence-corrected chi connectivity index (χ0v) is 17.0. The van der Waals surface area contributed by atoms with Crippen LogP contribution >= 0.6 is 0 Å². The van der Waals surface area contributed by atoms with Gasteiger partial charge in [0, 0.05) is 13.0 Å². The van der Waals surface area contributed by atoms with Gasteiger partial charge in [-0.15, -0.1) is 0 Å². The number of hydrogen-bond acceptors (Lipinski definition) is 6. The molecule has 29 heavy (non-hydrogen) atoms. The Kier molecular flexibility index (Phi) is 9.02. The number of carboxylic acid groups (broad SMARTS) is 1. The molecule has 7 N–H and O–H groups in total. The molecule has 0 bridgehead atoms. The second kappa shape index (κ2) is 10.7. The predicted molar refractivity (Wildman–Crippen MR) is 103 cm³/mol. The fraction of sp³-hybridized carbons (Fsp3) is 0.722. The number of nitrogens with zero attached hydrogens (tertiary/aromatic N) is 1. The van der Waals surface area contributed by atoms with E-state index in [9.17, 15) is 24.0 Å². The Morgan fingerprint density at radius 3 is 2.28 bits per heavy atom. The van der Waals surface area contributed by atoms with E-state index in [1.165, 1.54) is 11.8 Å². The van der Waals surface area contributed by atoms with Gasteiger partial charge in [0.2, 0.25) is 23.6 Å². The Balaban J connectivity index is 2.69. The maximum Gasteiger partial charge on any atom is 0.326 e. The lowest BCUT2D eigenvalue weighted by Crippen LogP contribution is -2.56. The molecule has 0 aromatic carbocycles. The molecule has 11 nitrogen and oxygen atoms in total. The summed E-state index contributed by atoms with van der Waals surface area (Å²) in [4.78, 5) is 60.8. The zero-order valence-electron chi connectivity index (χ0n) is 17.0. The summed E-state index contributed by atoms with van der Waals surface area (Å²) >= 11 is 0. The first-order valence-electron chi connectivity index (χ1n) is 9.63. The van der Waals surface area contributed by atoms with Gasteiger partial charge < -0.3 is 32.1 Å². The highest BCUT2D eigenvalue weighted by Crippen LogP contribution is 2.19. The minimum Gasteiger partial charge on any atom is -0.480 e. The first kappa shape index (κ1) is 24.3. The third kappa shape index (κ3) is 7.00. The van der Waals surface area contributed by atoms with Crippen LogP contribution in [0.4, 0.5) is 0 Å². The van der Waals surface area contributed by atoms with Crippen molar-refractivity contribution in [3.63, 3.8) is 0 Å². The van der Waals surface area contributed by atoms with Crippen molar-refractivity contribution in [2.24, 2.45) is 17.4 Å². The molecule has 1 fully saturated rings. The first-order chi connectivity index (χ1) is 13.5. The summed E-state index contributed by atoms with van der Waals surface area (Å²) in [6.07, 6.45) is 1.07. The van der Waals surface area contributed by atoms with Crippen LogP contribution in [0.25, 0.3) is 0 Å². The van der Waals surface area contributed by atoms with Gasteiger partial charge in [-0.3, -0.25) is 19.2 Å². The topological polar surface area (TPSA) is 185 Å². The zero-order chi connectivity index (χ0) is 22.3. The molecule has 11 heteroatoms. The molecule has 0 aliphatic carbocycles. The lowest BCUT2D eigenvalue weighted by Gasteiger charge is -2.28. The maximum absolute atomic E-state index is 12.6. The highest BCUT2D eigenvalue weighted by Gasteiger charge is 2.37. The van der Waals surface area contributed by atoms with E-state index >= 15 is 0 Å². The highest BCUT2D eigenvalue weighted by molar-refractivity contribution is 5.94. The van der Waals surface area contributed by atoms with Crippen molar-refractivity contribution in [2.45, 2.75) is 70.6 Å². The van der Waals surface area contributed by atoms with Crippen LogP contribution in [0.2, 0.25) is 0 Å². The molecule has 1 saturated heterocycles. The van der Waals surface area contributed by atoms with E-state index in [0.717, 1.165) is 0 Å². The van der Waals surface area contributed by atoms with Crippen LogP contribution in [-0.4, -0.2) is 70.3 Å². The van der Waals surface area contributed by atoms with Crippen molar-refractivity contribution in [3.05, 3.63) is 0 Å². The summed E-state index contributed by atoms with van der Waals surface area (Å²) in [6.45, 7) is 5.10. The average Bonchev–Trinajstić information content (AvgIpc) is 3.12. The Hall–Kier alpha value is -2.69. The number of hydrogen-bond donors (Lipinski definition) is 5. The third-order valence-electron chi connectivity index (χ3n) is 4.84. The van der Waals surface area contributed by atoms with Gasteiger partial charge in [0.05, 0.1) is 6.04 Å². The number of likely N-dealkylation sites (tertiary alicyclic amines) is 1. The first-order valence-corrected chi connectivity index (χ1v) is 9.63. The van der Waals surface area contributed by atoms with E-state index in [0.29, 0.717) is 19.4 Å². The molecular formula is C18H31N5O6. The fourth-order valence-corrected chi connectivity index (χ4v) is 3.10. The Labute approximate surface area is 169 Å². The van der Waals surface area contributed by atoms with Crippen LogP contribution < -0.4 is 22.1 Å². The van der Waals surface area contributed by atoms with Gasteiger partial charge in [-0.25, -0.2) is 4.79 Å². The van der Waals surface area contributed by atoms with Gasteiger partial charge in [-0.2, -0.15) is 0 Å². The number of primary amides is 1. The number of nitrogens with two attached hydrogens (primary N) is 2. The summed E-state index contributed by atoms with van der Waals surface area (Å²) in [6, 6.07) is -3.78. The van der Waals surface area contributed by atoms with Crippen molar-refractivity contribution >= 4 is 29.6 Å². The van der Waals surface area contributed by atoms with Crippen LogP contribution in [-0.2, 0) is 24.0 Å². The molecule has 4 amide bonds. The number of amides is 4. The summed E-state index contributed by atoms with van der Waals surface area (Å²) in [5, 5.41) is 14.1. The predicted octanol–water partition coefficient (Wildman–Crippen LogP) is -1.70. The lowest BCUT2D eigenvalue weighted by atomic mass is 10.0. The number of carbonyl (C=O) groups is 5. The van der Waals surface area contributed by atoms with E-state index < -0.39 is 53.8 Å². The van der Waals surface area contributed by atoms with Gasteiger partial charge in [0.25, 0.3) is 0 Å². The Bertz CT molecular complexity index is 653. The summed E-state index contributed by atoms with van der Waals surface area (Å²) in [5.74, 6) is -3.66. The standard InChI is InChI=1S/C18H31N5O6/c1-9(2)14(18(28)29)22-15(25)10(3)21-16(26)12-5-4-8-23(12)17(27)11(19)6-7-13(20)24/h9-12,14H,4-8,19H2,1-3H3,(H2,20,24)(H,21,26)(H,22,25)(H,28,29). The normalized spacial score (nSPS) is 19.3. The summed E-state index contributed by atoms with van der Waals surface area (Å²) in [7, 11) is 0. The molecular weight excluding hydrogens is 382 g/mol. The number of aliphatic carboxylic acids is 1. The molecule has 0 spiro atoms. The van der Waals surface area contributed by atoms with Crippen LogP contribution in [0, 0.1) is 5.92 Å². The molecule has 0 radical (unpaired) electrons. The van der Waals surface area contributed by atoms with Crippen LogP contribution in [0.1, 0.15) is 46.5 Å². The molecule has 4 atom stereocenters. The molecule has 4 unspecified atom stereocenters. The van der Waals surface area contributed by atoms with Gasteiger partial charge >= 0.3 is 5.97 Å². The number of rotatable bonds is 10. The van der Waals surface area contributed by atoms with E-state index in [1.807, 2.05) is 0 Å². The quantitative estimate of drug-likeness (QED) is 0.282. The monoisotopic (exact) mass is 413 g/mol. The van der Waals surface area contributed by atoms with Crippen LogP contribution in [0.15, 0.2) is 0 Å². The molecule has 1 aliphatic rings. The lowest BCUT2D eigenvalue weighted by molar-refractivity contribution is -0.144.